The minimum Gasteiger partial charge on any atom is -0.478 e. The van der Waals surface area contributed by atoms with Crippen LogP contribution in [0.2, 0.25) is 5.02 Å². The molecule has 1 N–H and O–H groups in total. The highest BCUT2D eigenvalue weighted by Gasteiger charge is 2.24. The Morgan fingerprint density at radius 3 is 2.64 bits per heavy atom. The van der Waals surface area contributed by atoms with Crippen LogP contribution in [0.3, 0.4) is 0 Å². The molecule has 1 aromatic rings. The van der Waals surface area contributed by atoms with Crippen molar-refractivity contribution < 1.29 is 9.90 Å². The average Bonchev–Trinajstić information content (AvgIpc) is 2.02. The Bertz CT molecular complexity index is 384. The van der Waals surface area contributed by atoms with Crippen LogP contribution in [0.1, 0.15) is 10.4 Å². The third kappa shape index (κ3) is 2.21. The first-order chi connectivity index (χ1) is 6.45. The SMILES string of the molecule is C[S+](C)c1c(Br)ncc(C(=O)O)c1Cl. The molecule has 0 saturated heterocycles. The average molecular weight is 298 g/mol. The highest BCUT2D eigenvalue weighted by molar-refractivity contribution is 9.10. The molecule has 3 nitrogen and oxygen atoms in total. The normalized spacial score (nSPS) is 10.6. The summed E-state index contributed by atoms with van der Waals surface area (Å²) in [7, 11) is -0.134. The van der Waals surface area contributed by atoms with Crippen molar-refractivity contribution in [3.63, 3.8) is 0 Å². The molecule has 1 aromatic heterocycles. The van der Waals surface area contributed by atoms with Gasteiger partial charge >= 0.3 is 5.97 Å². The first-order valence-electron chi connectivity index (χ1n) is 3.60. The Kier molecular flexibility index (Phi) is 3.80. The quantitative estimate of drug-likeness (QED) is 0.674. The Balaban J connectivity index is 3.41. The lowest BCUT2D eigenvalue weighted by molar-refractivity contribution is 0.0696. The van der Waals surface area contributed by atoms with Gasteiger partial charge in [-0.2, -0.15) is 0 Å². The van der Waals surface area contributed by atoms with E-state index in [1.165, 1.54) is 6.20 Å². The van der Waals surface area contributed by atoms with Crippen molar-refractivity contribution >= 4 is 44.4 Å². The van der Waals surface area contributed by atoms with E-state index < -0.39 is 5.97 Å². The summed E-state index contributed by atoms with van der Waals surface area (Å²) in [5.74, 6) is -1.05. The van der Waals surface area contributed by atoms with Gasteiger partial charge in [-0.3, -0.25) is 0 Å². The molecule has 14 heavy (non-hydrogen) atoms. The molecule has 1 rings (SSSR count). The predicted molar refractivity (Wildman–Crippen MR) is 61.4 cm³/mol. The van der Waals surface area contributed by atoms with E-state index in [0.717, 1.165) is 4.90 Å². The van der Waals surface area contributed by atoms with E-state index in [0.29, 0.717) is 4.60 Å². The second kappa shape index (κ2) is 4.51. The molecule has 1 heterocycles. The zero-order chi connectivity index (χ0) is 10.9. The molecular formula is C8H8BrClNO2S+. The fourth-order valence-corrected chi connectivity index (χ4v) is 3.87. The van der Waals surface area contributed by atoms with Gasteiger partial charge in [-0.05, 0) is 15.9 Å². The number of nitrogens with zero attached hydrogens (tertiary/aromatic N) is 1. The van der Waals surface area contributed by atoms with Crippen molar-refractivity contribution in [3.8, 4) is 0 Å². The molecule has 0 unspecified atom stereocenters. The summed E-state index contributed by atoms with van der Waals surface area (Å²) >= 11 is 9.21. The number of carboxylic acids is 1. The molecule has 76 valence electrons. The first-order valence-corrected chi connectivity index (χ1v) is 6.81. The number of carboxylic acid groups (broad SMARTS) is 1. The summed E-state index contributed by atoms with van der Waals surface area (Å²) in [4.78, 5) is 15.5. The highest BCUT2D eigenvalue weighted by atomic mass is 79.9. The van der Waals surface area contributed by atoms with Crippen LogP contribution >= 0.6 is 27.5 Å². The zero-order valence-electron chi connectivity index (χ0n) is 7.54. The fraction of sp³-hybridized carbons (Fsp3) is 0.250. The second-order valence-corrected chi connectivity index (χ2v) is 5.90. The van der Waals surface area contributed by atoms with Gasteiger partial charge in [-0.15, -0.1) is 0 Å². The minimum absolute atomic E-state index is 0.0473. The lowest BCUT2D eigenvalue weighted by Gasteiger charge is -2.04. The van der Waals surface area contributed by atoms with Crippen LogP contribution in [0.4, 0.5) is 0 Å². The topological polar surface area (TPSA) is 50.2 Å². The fourth-order valence-electron chi connectivity index (χ4n) is 0.946. The van der Waals surface area contributed by atoms with Crippen LogP contribution in [-0.4, -0.2) is 28.6 Å². The Labute approximate surface area is 98.0 Å². The van der Waals surface area contributed by atoms with E-state index in [1.54, 1.807) is 0 Å². The maximum absolute atomic E-state index is 10.8. The predicted octanol–water partition coefficient (Wildman–Crippen LogP) is 2.43. The summed E-state index contributed by atoms with van der Waals surface area (Å²) in [6, 6.07) is 0. The number of hydrogen-bond donors (Lipinski definition) is 1. The first kappa shape index (κ1) is 11.8. The van der Waals surface area contributed by atoms with Gasteiger partial charge in [0.15, 0.2) is 4.60 Å². The second-order valence-electron chi connectivity index (χ2n) is 2.73. The molecule has 0 amide bonds. The Morgan fingerprint density at radius 1 is 1.64 bits per heavy atom. The summed E-state index contributed by atoms with van der Waals surface area (Å²) < 4.78 is 0.612. The van der Waals surface area contributed by atoms with Gasteiger partial charge in [0.2, 0.25) is 4.90 Å². The highest BCUT2D eigenvalue weighted by Crippen LogP contribution is 2.30. The molecule has 0 atom stereocenters. The van der Waals surface area contributed by atoms with Crippen molar-refractivity contribution in [1.29, 1.82) is 0 Å². The van der Waals surface area contributed by atoms with Crippen LogP contribution in [0.5, 0.6) is 0 Å². The van der Waals surface area contributed by atoms with Crippen LogP contribution < -0.4 is 0 Å². The van der Waals surface area contributed by atoms with Gasteiger partial charge in [0.1, 0.15) is 23.1 Å². The molecule has 0 aliphatic carbocycles. The monoisotopic (exact) mass is 296 g/mol. The third-order valence-electron chi connectivity index (χ3n) is 1.57. The number of rotatable bonds is 2. The van der Waals surface area contributed by atoms with E-state index in [9.17, 15) is 4.79 Å². The van der Waals surface area contributed by atoms with E-state index in [4.69, 9.17) is 16.7 Å². The molecule has 0 radical (unpaired) electrons. The molecule has 0 bridgehead atoms. The number of aromatic carboxylic acids is 1. The lowest BCUT2D eigenvalue weighted by Crippen LogP contribution is -2.06. The van der Waals surface area contributed by atoms with Crippen molar-refractivity contribution in [3.05, 3.63) is 21.4 Å². The number of pyridine rings is 1. The van der Waals surface area contributed by atoms with Crippen LogP contribution in [-0.2, 0) is 10.9 Å². The summed E-state index contributed by atoms with van der Waals surface area (Å²) in [5, 5.41) is 9.10. The third-order valence-corrected chi connectivity index (χ3v) is 4.15. The number of carbonyl (C=O) groups is 1. The van der Waals surface area contributed by atoms with Gasteiger partial charge < -0.3 is 5.11 Å². The number of halogens is 2. The van der Waals surface area contributed by atoms with Crippen molar-refractivity contribution in [2.45, 2.75) is 4.90 Å². The molecule has 6 heteroatoms. The van der Waals surface area contributed by atoms with Crippen molar-refractivity contribution in [1.82, 2.24) is 4.98 Å². The Morgan fingerprint density at radius 2 is 2.21 bits per heavy atom. The van der Waals surface area contributed by atoms with Gasteiger partial charge in [0, 0.05) is 17.1 Å². The van der Waals surface area contributed by atoms with Crippen molar-refractivity contribution in [2.24, 2.45) is 0 Å². The zero-order valence-corrected chi connectivity index (χ0v) is 10.7. The lowest BCUT2D eigenvalue weighted by atomic mass is 10.3. The van der Waals surface area contributed by atoms with E-state index >= 15 is 0 Å². The Hall–Kier alpha value is -0.260. The number of aromatic nitrogens is 1. The molecular weight excluding hydrogens is 290 g/mol. The van der Waals surface area contributed by atoms with Gasteiger partial charge in [-0.25, -0.2) is 9.78 Å². The van der Waals surface area contributed by atoms with Crippen molar-refractivity contribution in [2.75, 3.05) is 12.5 Å². The maximum Gasteiger partial charge on any atom is 0.338 e. The molecule has 0 spiro atoms. The summed E-state index contributed by atoms with van der Waals surface area (Å²) in [6.45, 7) is 0. The summed E-state index contributed by atoms with van der Waals surface area (Å²) in [6.07, 6.45) is 5.17. The molecule has 0 aliphatic rings. The van der Waals surface area contributed by atoms with Gasteiger partial charge in [0.05, 0.1) is 0 Å². The molecule has 0 fully saturated rings. The summed E-state index contributed by atoms with van der Waals surface area (Å²) in [5.41, 5.74) is 0.0473. The molecule has 0 saturated carbocycles. The standard InChI is InChI=1S/C8H7BrClNO2S/c1-14(2)6-5(10)4(8(12)13)3-11-7(6)9/h3H,1-2H3/p+1. The van der Waals surface area contributed by atoms with Crippen LogP contribution in [0, 0.1) is 0 Å². The minimum atomic E-state index is -1.05. The van der Waals surface area contributed by atoms with Crippen LogP contribution in [0.15, 0.2) is 15.7 Å². The smallest absolute Gasteiger partial charge is 0.338 e. The largest absolute Gasteiger partial charge is 0.478 e. The van der Waals surface area contributed by atoms with Gasteiger partial charge in [0.25, 0.3) is 0 Å². The maximum atomic E-state index is 10.8. The van der Waals surface area contributed by atoms with E-state index in [-0.39, 0.29) is 21.5 Å². The van der Waals surface area contributed by atoms with Gasteiger partial charge in [-0.1, -0.05) is 11.6 Å². The van der Waals surface area contributed by atoms with E-state index in [2.05, 4.69) is 20.9 Å². The molecule has 0 aliphatic heterocycles. The molecule has 0 aromatic carbocycles. The number of hydrogen-bond acceptors (Lipinski definition) is 2. The van der Waals surface area contributed by atoms with Crippen LogP contribution in [0.25, 0.3) is 0 Å². The van der Waals surface area contributed by atoms with E-state index in [1.807, 2.05) is 12.5 Å².